The number of carbonyl (C=O) groups is 2. The van der Waals surface area contributed by atoms with Gasteiger partial charge in [0.05, 0.1) is 6.54 Å². The van der Waals surface area contributed by atoms with Crippen molar-refractivity contribution in [2.75, 3.05) is 13.7 Å². The van der Waals surface area contributed by atoms with Crippen LogP contribution in [0.25, 0.3) is 0 Å². The third kappa shape index (κ3) is 3.51. The predicted molar refractivity (Wildman–Crippen MR) is 53.4 cm³/mol. The molecule has 0 aromatic carbocycles. The van der Waals surface area contributed by atoms with Crippen LogP contribution >= 0.6 is 0 Å². The van der Waals surface area contributed by atoms with Gasteiger partial charge in [0.15, 0.2) is 6.10 Å². The van der Waals surface area contributed by atoms with Crippen molar-refractivity contribution in [3.05, 3.63) is 0 Å². The summed E-state index contributed by atoms with van der Waals surface area (Å²) in [5.74, 6) is -1.03. The monoisotopic (exact) mass is 215 g/mol. The third-order valence-corrected chi connectivity index (χ3v) is 2.75. The molecule has 1 aliphatic carbocycles. The number of rotatable bonds is 5. The first kappa shape index (κ1) is 12.0. The van der Waals surface area contributed by atoms with Gasteiger partial charge in [-0.3, -0.25) is 4.79 Å². The average Bonchev–Trinajstić information content (AvgIpc) is 2.70. The van der Waals surface area contributed by atoms with Crippen LogP contribution < -0.4 is 5.32 Å². The first-order valence-electron chi connectivity index (χ1n) is 5.18. The highest BCUT2D eigenvalue weighted by Gasteiger charge is 2.24. The van der Waals surface area contributed by atoms with E-state index in [1.807, 2.05) is 0 Å². The lowest BCUT2D eigenvalue weighted by Gasteiger charge is -2.14. The molecule has 0 saturated heterocycles. The third-order valence-electron chi connectivity index (χ3n) is 2.75. The van der Waals surface area contributed by atoms with Gasteiger partial charge in [0.2, 0.25) is 5.91 Å². The highest BCUT2D eigenvalue weighted by molar-refractivity contribution is 5.80. The Morgan fingerprint density at radius 3 is 2.53 bits per heavy atom. The minimum Gasteiger partial charge on any atom is -0.479 e. The van der Waals surface area contributed by atoms with Gasteiger partial charge >= 0.3 is 5.97 Å². The largest absolute Gasteiger partial charge is 0.479 e. The number of methoxy groups -OCH3 is 1. The Kier molecular flexibility index (Phi) is 4.55. The smallest absolute Gasteiger partial charge is 0.334 e. The van der Waals surface area contributed by atoms with E-state index < -0.39 is 12.1 Å². The second-order valence-electron chi connectivity index (χ2n) is 3.79. The number of carboxylic acids is 1. The summed E-state index contributed by atoms with van der Waals surface area (Å²) in [6.45, 7) is 0.0428. The summed E-state index contributed by atoms with van der Waals surface area (Å²) in [5, 5.41) is 11.3. The molecule has 0 heterocycles. The summed E-state index contributed by atoms with van der Waals surface area (Å²) in [4.78, 5) is 22.1. The van der Waals surface area contributed by atoms with Crippen molar-refractivity contribution < 1.29 is 19.4 Å². The number of nitrogens with one attached hydrogen (secondary N) is 1. The highest BCUT2D eigenvalue weighted by Crippen LogP contribution is 2.24. The van der Waals surface area contributed by atoms with Crippen LogP contribution in [-0.2, 0) is 14.3 Å². The van der Waals surface area contributed by atoms with E-state index in [0.29, 0.717) is 0 Å². The highest BCUT2D eigenvalue weighted by atomic mass is 16.5. The van der Waals surface area contributed by atoms with Gasteiger partial charge in [-0.25, -0.2) is 4.79 Å². The van der Waals surface area contributed by atoms with Gasteiger partial charge in [-0.2, -0.15) is 0 Å². The van der Waals surface area contributed by atoms with Crippen LogP contribution in [0.1, 0.15) is 25.7 Å². The summed E-state index contributed by atoms with van der Waals surface area (Å²) in [6, 6.07) is 0. The summed E-state index contributed by atoms with van der Waals surface area (Å²) < 4.78 is 4.71. The van der Waals surface area contributed by atoms with Gasteiger partial charge in [0.25, 0.3) is 0 Å². The SMILES string of the molecule is COC(CNC(=O)C1CCCC1)C(=O)O. The molecule has 1 amide bonds. The fourth-order valence-corrected chi connectivity index (χ4v) is 1.80. The zero-order valence-electron chi connectivity index (χ0n) is 8.86. The van der Waals surface area contributed by atoms with Crippen LogP contribution in [0.2, 0.25) is 0 Å². The van der Waals surface area contributed by atoms with Crippen molar-refractivity contribution in [2.45, 2.75) is 31.8 Å². The molecule has 1 fully saturated rings. The molecule has 1 atom stereocenters. The maximum Gasteiger partial charge on any atom is 0.334 e. The van der Waals surface area contributed by atoms with Gasteiger partial charge < -0.3 is 15.2 Å². The number of hydrogen-bond acceptors (Lipinski definition) is 3. The number of amides is 1. The zero-order chi connectivity index (χ0) is 11.3. The normalized spacial score (nSPS) is 18.7. The number of carbonyl (C=O) groups excluding carboxylic acids is 1. The molecule has 0 radical (unpaired) electrons. The fraction of sp³-hybridized carbons (Fsp3) is 0.800. The Balaban J connectivity index is 2.28. The Morgan fingerprint density at radius 2 is 2.07 bits per heavy atom. The van der Waals surface area contributed by atoms with E-state index in [2.05, 4.69) is 5.32 Å². The van der Waals surface area contributed by atoms with E-state index in [9.17, 15) is 9.59 Å². The Bertz CT molecular complexity index is 236. The molecule has 0 aliphatic heterocycles. The van der Waals surface area contributed by atoms with Gasteiger partial charge in [0.1, 0.15) is 0 Å². The van der Waals surface area contributed by atoms with Crippen molar-refractivity contribution in [2.24, 2.45) is 5.92 Å². The molecule has 86 valence electrons. The molecule has 5 nitrogen and oxygen atoms in total. The van der Waals surface area contributed by atoms with E-state index >= 15 is 0 Å². The van der Waals surface area contributed by atoms with E-state index in [1.54, 1.807) is 0 Å². The topological polar surface area (TPSA) is 75.6 Å². The molecule has 0 bridgehead atoms. The summed E-state index contributed by atoms with van der Waals surface area (Å²) in [7, 11) is 1.32. The molecule has 1 unspecified atom stereocenters. The second kappa shape index (κ2) is 5.70. The average molecular weight is 215 g/mol. The lowest BCUT2D eigenvalue weighted by atomic mass is 10.1. The molecule has 0 aromatic heterocycles. The van der Waals surface area contributed by atoms with Crippen molar-refractivity contribution >= 4 is 11.9 Å². The van der Waals surface area contributed by atoms with Crippen molar-refractivity contribution in [1.82, 2.24) is 5.32 Å². The van der Waals surface area contributed by atoms with Crippen LogP contribution in [0.15, 0.2) is 0 Å². The molecule has 0 aromatic rings. The summed E-state index contributed by atoms with van der Waals surface area (Å²) in [6.07, 6.45) is 3.05. The first-order chi connectivity index (χ1) is 7.15. The van der Waals surface area contributed by atoms with Crippen LogP contribution in [0.4, 0.5) is 0 Å². The number of ether oxygens (including phenoxy) is 1. The van der Waals surface area contributed by atoms with Gasteiger partial charge in [-0.15, -0.1) is 0 Å². The molecule has 0 spiro atoms. The van der Waals surface area contributed by atoms with E-state index in [-0.39, 0.29) is 18.4 Å². The molecular weight excluding hydrogens is 198 g/mol. The molecule has 5 heteroatoms. The van der Waals surface area contributed by atoms with Crippen LogP contribution in [0.3, 0.4) is 0 Å². The Labute approximate surface area is 88.8 Å². The van der Waals surface area contributed by atoms with Crippen LogP contribution in [0.5, 0.6) is 0 Å². The van der Waals surface area contributed by atoms with Crippen LogP contribution in [0, 0.1) is 5.92 Å². The summed E-state index contributed by atoms with van der Waals surface area (Å²) in [5.41, 5.74) is 0. The lowest BCUT2D eigenvalue weighted by Crippen LogP contribution is -2.39. The standard InChI is InChI=1S/C10H17NO4/c1-15-8(10(13)14)6-11-9(12)7-4-2-3-5-7/h7-8H,2-6H2,1H3,(H,11,12)(H,13,14). The maximum atomic E-state index is 11.5. The number of aliphatic carboxylic acids is 1. The number of hydrogen-bond donors (Lipinski definition) is 2. The number of carboxylic acid groups (broad SMARTS) is 1. The van der Waals surface area contributed by atoms with Gasteiger partial charge in [0, 0.05) is 13.0 Å². The molecular formula is C10H17NO4. The lowest BCUT2D eigenvalue weighted by molar-refractivity contribution is -0.148. The van der Waals surface area contributed by atoms with Crippen molar-refractivity contribution in [3.63, 3.8) is 0 Å². The predicted octanol–water partition coefficient (Wildman–Crippen LogP) is 0.392. The Hall–Kier alpha value is -1.10. The first-order valence-corrected chi connectivity index (χ1v) is 5.18. The molecule has 1 saturated carbocycles. The molecule has 15 heavy (non-hydrogen) atoms. The van der Waals surface area contributed by atoms with E-state index in [0.717, 1.165) is 25.7 Å². The molecule has 1 aliphatic rings. The van der Waals surface area contributed by atoms with Gasteiger partial charge in [-0.05, 0) is 12.8 Å². The molecule has 1 rings (SSSR count). The minimum atomic E-state index is -1.05. The fourth-order valence-electron chi connectivity index (χ4n) is 1.80. The van der Waals surface area contributed by atoms with E-state index in [1.165, 1.54) is 7.11 Å². The Morgan fingerprint density at radius 1 is 1.47 bits per heavy atom. The van der Waals surface area contributed by atoms with Crippen molar-refractivity contribution in [1.29, 1.82) is 0 Å². The molecule has 2 N–H and O–H groups in total. The second-order valence-corrected chi connectivity index (χ2v) is 3.79. The van der Waals surface area contributed by atoms with Crippen LogP contribution in [-0.4, -0.2) is 36.7 Å². The zero-order valence-corrected chi connectivity index (χ0v) is 8.86. The quantitative estimate of drug-likeness (QED) is 0.695. The minimum absolute atomic E-state index is 0.0428. The van der Waals surface area contributed by atoms with Crippen molar-refractivity contribution in [3.8, 4) is 0 Å². The van der Waals surface area contributed by atoms with E-state index in [4.69, 9.17) is 9.84 Å². The van der Waals surface area contributed by atoms with Gasteiger partial charge in [-0.1, -0.05) is 12.8 Å². The maximum absolute atomic E-state index is 11.5. The summed E-state index contributed by atoms with van der Waals surface area (Å²) >= 11 is 0.